The van der Waals surface area contributed by atoms with Gasteiger partial charge in [-0.2, -0.15) is 0 Å². The highest BCUT2D eigenvalue weighted by atomic mass is 19.1. The molecule has 66 valence electrons. The molecule has 0 atom stereocenters. The highest BCUT2D eigenvalue weighted by Gasteiger charge is 2.19. The number of para-hydroxylation sites is 1. The van der Waals surface area contributed by atoms with Gasteiger partial charge in [0, 0.05) is 0 Å². The Bertz CT molecular complexity index is 377. The summed E-state index contributed by atoms with van der Waals surface area (Å²) in [6.07, 6.45) is 0. The number of hydrogen-bond acceptors (Lipinski definition) is 3. The van der Waals surface area contributed by atoms with Gasteiger partial charge >= 0.3 is 0 Å². The van der Waals surface area contributed by atoms with Crippen LogP contribution in [0, 0.1) is 5.82 Å². The van der Waals surface area contributed by atoms with Crippen LogP contribution in [0.15, 0.2) is 34.6 Å². The molecule has 1 amide bonds. The molecule has 2 rings (SSSR count). The second kappa shape index (κ2) is 2.93. The Morgan fingerprint density at radius 3 is 2.77 bits per heavy atom. The van der Waals surface area contributed by atoms with E-state index in [0.717, 1.165) is 0 Å². The van der Waals surface area contributed by atoms with Gasteiger partial charge in [-0.15, -0.1) is 0 Å². The lowest BCUT2D eigenvalue weighted by atomic mass is 10.3. The number of anilines is 1. The summed E-state index contributed by atoms with van der Waals surface area (Å²) in [6, 6.07) is 6.12. The Labute approximate surface area is 73.7 Å². The molecule has 0 N–H and O–H groups in total. The summed E-state index contributed by atoms with van der Waals surface area (Å²) in [6.45, 7) is 0.0148. The quantitative estimate of drug-likeness (QED) is 0.656. The third-order valence-corrected chi connectivity index (χ3v) is 1.68. The van der Waals surface area contributed by atoms with Crippen molar-refractivity contribution in [2.45, 2.75) is 0 Å². The van der Waals surface area contributed by atoms with Gasteiger partial charge in [0.25, 0.3) is 5.91 Å². The van der Waals surface area contributed by atoms with Gasteiger partial charge in [-0.25, -0.2) is 9.40 Å². The molecule has 1 aliphatic heterocycles. The van der Waals surface area contributed by atoms with Gasteiger partial charge in [-0.05, 0) is 12.1 Å². The molecule has 1 aromatic carbocycles. The van der Waals surface area contributed by atoms with Crippen molar-refractivity contribution in [2.75, 3.05) is 11.6 Å². The summed E-state index contributed by atoms with van der Waals surface area (Å²) in [5, 5.41) is 8.03. The minimum Gasteiger partial charge on any atom is -0.269 e. The molecule has 0 fully saturated rings. The SMILES string of the molecule is O=C1CN(c2ccccc2F)N=N1. The maximum Gasteiger partial charge on any atom is 0.287 e. The highest BCUT2D eigenvalue weighted by molar-refractivity contribution is 5.83. The first kappa shape index (κ1) is 7.85. The summed E-state index contributed by atoms with van der Waals surface area (Å²) in [4.78, 5) is 10.7. The molecular formula is C8H6FN3O. The summed E-state index contributed by atoms with van der Waals surface area (Å²) < 4.78 is 13.1. The Morgan fingerprint density at radius 1 is 1.38 bits per heavy atom. The van der Waals surface area contributed by atoms with E-state index in [1.165, 1.54) is 11.1 Å². The molecule has 1 aliphatic rings. The normalized spacial score (nSPS) is 15.5. The molecule has 4 nitrogen and oxygen atoms in total. The lowest BCUT2D eigenvalue weighted by molar-refractivity contribution is -0.116. The number of carbonyl (C=O) groups is 1. The first-order chi connectivity index (χ1) is 6.27. The highest BCUT2D eigenvalue weighted by Crippen LogP contribution is 2.21. The van der Waals surface area contributed by atoms with Crippen LogP contribution in [0.1, 0.15) is 0 Å². The summed E-state index contributed by atoms with van der Waals surface area (Å²) >= 11 is 0. The molecule has 5 heteroatoms. The van der Waals surface area contributed by atoms with Crippen LogP contribution < -0.4 is 5.01 Å². The molecule has 0 radical (unpaired) electrons. The van der Waals surface area contributed by atoms with Crippen molar-refractivity contribution in [2.24, 2.45) is 10.3 Å². The lowest BCUT2D eigenvalue weighted by Gasteiger charge is -2.10. The topological polar surface area (TPSA) is 45.0 Å². The van der Waals surface area contributed by atoms with E-state index in [9.17, 15) is 9.18 Å². The monoisotopic (exact) mass is 179 g/mol. The van der Waals surface area contributed by atoms with Gasteiger partial charge < -0.3 is 0 Å². The Hall–Kier alpha value is -1.78. The van der Waals surface area contributed by atoms with Crippen LogP contribution in [0.5, 0.6) is 0 Å². The van der Waals surface area contributed by atoms with Crippen molar-refractivity contribution in [1.29, 1.82) is 0 Å². The number of amides is 1. The number of benzene rings is 1. The summed E-state index contributed by atoms with van der Waals surface area (Å²) in [7, 11) is 0. The van der Waals surface area contributed by atoms with Crippen molar-refractivity contribution in [3.05, 3.63) is 30.1 Å². The van der Waals surface area contributed by atoms with Crippen LogP contribution in [0.25, 0.3) is 0 Å². The fourth-order valence-corrected chi connectivity index (χ4v) is 1.09. The standard InChI is InChI=1S/C8H6FN3O/c9-6-3-1-2-4-7(6)12-5-8(13)10-11-12/h1-4H,5H2. The zero-order valence-corrected chi connectivity index (χ0v) is 6.64. The van der Waals surface area contributed by atoms with E-state index in [1.807, 2.05) is 0 Å². The van der Waals surface area contributed by atoms with Crippen LogP contribution in [-0.4, -0.2) is 12.5 Å². The third-order valence-electron chi connectivity index (χ3n) is 1.68. The largest absolute Gasteiger partial charge is 0.287 e. The first-order valence-corrected chi connectivity index (χ1v) is 3.74. The maximum atomic E-state index is 13.1. The van der Waals surface area contributed by atoms with Gasteiger partial charge in [0.15, 0.2) is 0 Å². The van der Waals surface area contributed by atoms with Crippen LogP contribution >= 0.6 is 0 Å². The number of rotatable bonds is 1. The van der Waals surface area contributed by atoms with Gasteiger partial charge in [-0.1, -0.05) is 22.5 Å². The van der Waals surface area contributed by atoms with Gasteiger partial charge in [-0.3, -0.25) is 4.79 Å². The molecule has 0 aromatic heterocycles. The summed E-state index contributed by atoms with van der Waals surface area (Å²) in [5.41, 5.74) is 0.275. The number of nitrogens with zero attached hydrogens (tertiary/aromatic N) is 3. The lowest BCUT2D eigenvalue weighted by Crippen LogP contribution is -2.17. The Balaban J connectivity index is 2.32. The minimum atomic E-state index is -0.406. The maximum absolute atomic E-state index is 13.1. The Morgan fingerprint density at radius 2 is 2.15 bits per heavy atom. The molecule has 1 aromatic rings. The molecule has 0 bridgehead atoms. The van der Waals surface area contributed by atoms with Crippen molar-refractivity contribution in [1.82, 2.24) is 0 Å². The van der Waals surface area contributed by atoms with E-state index >= 15 is 0 Å². The molecule has 0 aliphatic carbocycles. The van der Waals surface area contributed by atoms with Gasteiger partial charge in [0.05, 0.1) is 5.69 Å². The zero-order chi connectivity index (χ0) is 9.26. The first-order valence-electron chi connectivity index (χ1n) is 3.74. The van der Waals surface area contributed by atoms with Crippen molar-refractivity contribution < 1.29 is 9.18 Å². The van der Waals surface area contributed by atoms with E-state index in [4.69, 9.17) is 0 Å². The van der Waals surface area contributed by atoms with E-state index in [0.29, 0.717) is 0 Å². The minimum absolute atomic E-state index is 0.0148. The third kappa shape index (κ3) is 1.40. The zero-order valence-electron chi connectivity index (χ0n) is 6.64. The fourth-order valence-electron chi connectivity index (χ4n) is 1.09. The average molecular weight is 179 g/mol. The number of carbonyl (C=O) groups excluding carboxylic acids is 1. The van der Waals surface area contributed by atoms with Crippen molar-refractivity contribution in [3.8, 4) is 0 Å². The molecule has 0 saturated carbocycles. The smallest absolute Gasteiger partial charge is 0.269 e. The van der Waals surface area contributed by atoms with Crippen LogP contribution in [0.3, 0.4) is 0 Å². The van der Waals surface area contributed by atoms with Crippen LogP contribution in [-0.2, 0) is 4.79 Å². The molecule has 1 heterocycles. The molecule has 0 unspecified atom stereocenters. The molecule has 13 heavy (non-hydrogen) atoms. The molecule has 0 spiro atoms. The fraction of sp³-hybridized carbons (Fsp3) is 0.125. The van der Waals surface area contributed by atoms with E-state index < -0.39 is 5.82 Å². The average Bonchev–Trinajstić information content (AvgIpc) is 2.53. The summed E-state index contributed by atoms with van der Waals surface area (Å²) in [5.74, 6) is -0.764. The second-order valence-electron chi connectivity index (χ2n) is 2.59. The van der Waals surface area contributed by atoms with Gasteiger partial charge in [0.2, 0.25) is 0 Å². The predicted molar refractivity (Wildman–Crippen MR) is 43.6 cm³/mol. The van der Waals surface area contributed by atoms with Crippen LogP contribution in [0.4, 0.5) is 10.1 Å². The number of hydrogen-bond donors (Lipinski definition) is 0. The predicted octanol–water partition coefficient (Wildman–Crippen LogP) is 1.54. The van der Waals surface area contributed by atoms with Crippen molar-refractivity contribution >= 4 is 11.6 Å². The Kier molecular flexibility index (Phi) is 1.77. The van der Waals surface area contributed by atoms with Crippen molar-refractivity contribution in [3.63, 3.8) is 0 Å². The van der Waals surface area contributed by atoms with E-state index in [-0.39, 0.29) is 18.1 Å². The van der Waals surface area contributed by atoms with E-state index in [1.54, 1.807) is 18.2 Å². The molecule has 0 saturated heterocycles. The van der Waals surface area contributed by atoms with Crippen LogP contribution in [0.2, 0.25) is 0 Å². The number of halogens is 1. The van der Waals surface area contributed by atoms with Gasteiger partial charge in [0.1, 0.15) is 12.4 Å². The van der Waals surface area contributed by atoms with E-state index in [2.05, 4.69) is 10.3 Å². The molecular weight excluding hydrogens is 173 g/mol. The second-order valence-corrected chi connectivity index (χ2v) is 2.59.